The lowest BCUT2D eigenvalue weighted by molar-refractivity contribution is -0.123. The van der Waals surface area contributed by atoms with Crippen molar-refractivity contribution < 1.29 is 9.59 Å². The number of nitrogens with one attached hydrogen (secondary N) is 1. The van der Waals surface area contributed by atoms with Crippen LogP contribution in [0, 0.1) is 24.7 Å². The van der Waals surface area contributed by atoms with Crippen molar-refractivity contribution in [1.29, 1.82) is 0 Å². The summed E-state index contributed by atoms with van der Waals surface area (Å²) in [4.78, 5) is 35.0. The van der Waals surface area contributed by atoms with Gasteiger partial charge in [-0.3, -0.25) is 9.59 Å². The highest BCUT2D eigenvalue weighted by atomic mass is 32.1. The minimum Gasteiger partial charge on any atom is -0.350 e. The van der Waals surface area contributed by atoms with Crippen LogP contribution in [0.3, 0.4) is 0 Å². The third-order valence-electron chi connectivity index (χ3n) is 7.69. The van der Waals surface area contributed by atoms with Crippen molar-refractivity contribution >= 4 is 23.2 Å². The predicted octanol–water partition coefficient (Wildman–Crippen LogP) is 2.29. The molecule has 0 radical (unpaired) electrons. The van der Waals surface area contributed by atoms with Gasteiger partial charge in [-0.25, -0.2) is 4.98 Å². The molecule has 0 unspecified atom stereocenters. The zero-order valence-electron chi connectivity index (χ0n) is 16.7. The minimum absolute atomic E-state index is 0.102. The molecule has 2 amide bonds. The van der Waals surface area contributed by atoms with Gasteiger partial charge in [-0.2, -0.15) is 0 Å². The fourth-order valence-electron chi connectivity index (χ4n) is 6.10. The molecule has 1 aliphatic carbocycles. The van der Waals surface area contributed by atoms with Crippen LogP contribution in [0.5, 0.6) is 0 Å². The van der Waals surface area contributed by atoms with Gasteiger partial charge in [0.1, 0.15) is 4.88 Å². The smallest absolute Gasteiger partial charge is 0.265 e. The quantitative estimate of drug-likeness (QED) is 0.843. The Bertz CT molecular complexity index is 764. The number of carbonyl (C=O) groups excluding carboxylic acids is 2. The van der Waals surface area contributed by atoms with Crippen LogP contribution in [-0.4, -0.2) is 64.9 Å². The van der Waals surface area contributed by atoms with E-state index in [9.17, 15) is 9.59 Å². The normalized spacial score (nSPS) is 30.2. The number of aryl methyl sites for hydroxylation is 1. The molecular formula is C21H30N4O2S. The monoisotopic (exact) mass is 402 g/mol. The Labute approximate surface area is 170 Å². The Morgan fingerprint density at radius 3 is 2.71 bits per heavy atom. The summed E-state index contributed by atoms with van der Waals surface area (Å²) in [6, 6.07) is 0. The number of nitrogens with zero attached hydrogens (tertiary/aromatic N) is 3. The predicted molar refractivity (Wildman–Crippen MR) is 108 cm³/mol. The van der Waals surface area contributed by atoms with E-state index in [2.05, 4.69) is 15.2 Å². The number of hydrogen-bond acceptors (Lipinski definition) is 5. The second kappa shape index (κ2) is 7.10. The van der Waals surface area contributed by atoms with Crippen LogP contribution in [-0.2, 0) is 4.79 Å². The zero-order chi connectivity index (χ0) is 19.3. The van der Waals surface area contributed by atoms with Gasteiger partial charge in [0.05, 0.1) is 17.1 Å². The summed E-state index contributed by atoms with van der Waals surface area (Å²) in [5.74, 6) is 1.73. The Morgan fingerprint density at radius 2 is 2.04 bits per heavy atom. The highest BCUT2D eigenvalue weighted by Crippen LogP contribution is 2.44. The molecule has 6 nitrogen and oxygen atoms in total. The lowest BCUT2D eigenvalue weighted by Crippen LogP contribution is -2.56. The molecule has 0 bridgehead atoms. The summed E-state index contributed by atoms with van der Waals surface area (Å²) < 4.78 is 0. The summed E-state index contributed by atoms with van der Waals surface area (Å²) in [6.45, 7) is 6.49. The molecule has 28 heavy (non-hydrogen) atoms. The van der Waals surface area contributed by atoms with Gasteiger partial charge in [0.2, 0.25) is 5.91 Å². The van der Waals surface area contributed by atoms with Gasteiger partial charge in [-0.1, -0.05) is 12.8 Å². The van der Waals surface area contributed by atoms with Gasteiger partial charge < -0.3 is 15.1 Å². The molecule has 4 aliphatic rings. The van der Waals surface area contributed by atoms with Crippen LogP contribution in [0.4, 0.5) is 0 Å². The second-order valence-corrected chi connectivity index (χ2v) is 10.1. The number of amides is 2. The maximum atomic E-state index is 12.8. The molecule has 1 spiro atoms. The zero-order valence-corrected chi connectivity index (χ0v) is 17.5. The van der Waals surface area contributed by atoms with Gasteiger partial charge >= 0.3 is 0 Å². The molecule has 5 rings (SSSR count). The van der Waals surface area contributed by atoms with Gasteiger partial charge in [-0.05, 0) is 38.5 Å². The molecule has 1 saturated carbocycles. The van der Waals surface area contributed by atoms with E-state index in [-0.39, 0.29) is 23.3 Å². The number of piperidine rings is 1. The fourth-order valence-corrected chi connectivity index (χ4v) is 6.87. The molecule has 1 aromatic rings. The number of hydrogen-bond donors (Lipinski definition) is 1. The maximum Gasteiger partial charge on any atom is 0.265 e. The van der Waals surface area contributed by atoms with Crippen molar-refractivity contribution in [2.75, 3.05) is 32.7 Å². The SMILES string of the molecule is Cc1ncsc1C(=O)N1CCC2(CC1)NC(=O)[C@@H]1CN(CC3CCCC3)C[C@@H]12. The molecule has 2 atom stereocenters. The summed E-state index contributed by atoms with van der Waals surface area (Å²) in [6.07, 6.45) is 7.22. The summed E-state index contributed by atoms with van der Waals surface area (Å²) in [5, 5.41) is 3.38. The van der Waals surface area contributed by atoms with Crippen LogP contribution < -0.4 is 5.32 Å². The second-order valence-electron chi connectivity index (χ2n) is 9.29. The maximum absolute atomic E-state index is 12.8. The van der Waals surface area contributed by atoms with E-state index in [1.54, 1.807) is 5.51 Å². The molecule has 152 valence electrons. The van der Waals surface area contributed by atoms with Crippen molar-refractivity contribution in [3.63, 3.8) is 0 Å². The lowest BCUT2D eigenvalue weighted by atomic mass is 9.75. The fraction of sp³-hybridized carbons (Fsp3) is 0.762. The van der Waals surface area contributed by atoms with E-state index in [1.165, 1.54) is 43.6 Å². The molecule has 3 saturated heterocycles. The Balaban J connectivity index is 1.24. The first-order valence-electron chi connectivity index (χ1n) is 10.8. The van der Waals surface area contributed by atoms with Crippen molar-refractivity contribution in [3.8, 4) is 0 Å². The molecule has 7 heteroatoms. The molecule has 1 N–H and O–H groups in total. The van der Waals surface area contributed by atoms with E-state index in [0.717, 1.165) is 55.5 Å². The van der Waals surface area contributed by atoms with Crippen LogP contribution >= 0.6 is 11.3 Å². The Kier molecular flexibility index (Phi) is 4.70. The third-order valence-corrected chi connectivity index (χ3v) is 8.60. The van der Waals surface area contributed by atoms with Crippen LogP contribution in [0.2, 0.25) is 0 Å². The number of fused-ring (bicyclic) bond motifs is 2. The van der Waals surface area contributed by atoms with E-state index in [0.29, 0.717) is 5.92 Å². The Morgan fingerprint density at radius 1 is 1.29 bits per heavy atom. The molecule has 1 aromatic heterocycles. The van der Waals surface area contributed by atoms with Crippen molar-refractivity contribution in [3.05, 3.63) is 16.1 Å². The lowest BCUT2D eigenvalue weighted by Gasteiger charge is -2.42. The van der Waals surface area contributed by atoms with Gasteiger partial charge in [-0.15, -0.1) is 11.3 Å². The average molecular weight is 403 g/mol. The standard InChI is InChI=1S/C21H30N4O2S/c1-14-18(28-13-22-14)20(27)25-8-6-21(7-9-25)17-12-24(10-15-4-2-3-5-15)11-16(17)19(26)23-21/h13,15-17H,2-12H2,1H3,(H,23,26)/t16-,17+/m1/s1. The third kappa shape index (κ3) is 3.07. The van der Waals surface area contributed by atoms with Crippen LogP contribution in [0.15, 0.2) is 5.51 Å². The van der Waals surface area contributed by atoms with E-state index < -0.39 is 0 Å². The number of likely N-dealkylation sites (tertiary alicyclic amines) is 2. The first-order chi connectivity index (χ1) is 13.6. The van der Waals surface area contributed by atoms with Crippen molar-refractivity contribution in [2.45, 2.75) is 51.0 Å². The molecule has 3 aliphatic heterocycles. The number of thiazole rings is 1. The number of rotatable bonds is 3. The van der Waals surface area contributed by atoms with Crippen LogP contribution in [0.25, 0.3) is 0 Å². The first-order valence-corrected chi connectivity index (χ1v) is 11.7. The minimum atomic E-state index is -0.105. The van der Waals surface area contributed by atoms with Crippen molar-refractivity contribution in [2.24, 2.45) is 17.8 Å². The molecule has 4 fully saturated rings. The molecule has 0 aromatic carbocycles. The van der Waals surface area contributed by atoms with Gasteiger partial charge in [0.25, 0.3) is 5.91 Å². The number of carbonyl (C=O) groups is 2. The average Bonchev–Trinajstić information content (AvgIpc) is 3.45. The van der Waals surface area contributed by atoms with E-state index in [1.807, 2.05) is 11.8 Å². The number of aromatic nitrogens is 1. The Hall–Kier alpha value is -1.47. The van der Waals surface area contributed by atoms with E-state index >= 15 is 0 Å². The summed E-state index contributed by atoms with van der Waals surface area (Å²) >= 11 is 1.43. The van der Waals surface area contributed by atoms with E-state index in [4.69, 9.17) is 0 Å². The van der Waals surface area contributed by atoms with Crippen LogP contribution in [0.1, 0.15) is 53.9 Å². The van der Waals surface area contributed by atoms with Gasteiger partial charge in [0.15, 0.2) is 0 Å². The molecule has 4 heterocycles. The molecular weight excluding hydrogens is 372 g/mol. The van der Waals surface area contributed by atoms with Gasteiger partial charge in [0, 0.05) is 44.2 Å². The van der Waals surface area contributed by atoms with Crippen molar-refractivity contribution in [1.82, 2.24) is 20.1 Å². The summed E-state index contributed by atoms with van der Waals surface area (Å²) in [5.41, 5.74) is 2.46. The first kappa shape index (κ1) is 18.6. The highest BCUT2D eigenvalue weighted by Gasteiger charge is 2.57. The largest absolute Gasteiger partial charge is 0.350 e. The summed E-state index contributed by atoms with van der Waals surface area (Å²) in [7, 11) is 0. The highest BCUT2D eigenvalue weighted by molar-refractivity contribution is 7.11. The topological polar surface area (TPSA) is 65.5 Å².